The number of hydrogen-bond donors (Lipinski definition) is 1. The van der Waals surface area contributed by atoms with Crippen LogP contribution in [0.4, 0.5) is 4.39 Å². The van der Waals surface area contributed by atoms with Crippen LogP contribution in [0.1, 0.15) is 28.9 Å². The maximum Gasteiger partial charge on any atom is 0.123 e. The third-order valence-corrected chi connectivity index (χ3v) is 3.70. The minimum Gasteiger partial charge on any atom is -0.316 e. The molecule has 0 aliphatic rings. The van der Waals surface area contributed by atoms with Gasteiger partial charge in [-0.05, 0) is 30.7 Å². The smallest absolute Gasteiger partial charge is 0.123 e. The second-order valence-electron chi connectivity index (χ2n) is 4.39. The molecular weight excluding hydrogens is 261 g/mol. The Hall–Kier alpha value is -1.33. The first kappa shape index (κ1) is 14.1. The van der Waals surface area contributed by atoms with Crippen molar-refractivity contribution in [3.63, 3.8) is 0 Å². The third kappa shape index (κ3) is 4.69. The van der Waals surface area contributed by atoms with E-state index >= 15 is 0 Å². The molecule has 0 atom stereocenters. The lowest BCUT2D eigenvalue weighted by atomic mass is 10.2. The van der Waals surface area contributed by atoms with E-state index in [-0.39, 0.29) is 5.82 Å². The van der Waals surface area contributed by atoms with Gasteiger partial charge in [-0.1, -0.05) is 19.1 Å². The summed E-state index contributed by atoms with van der Waals surface area (Å²) in [6, 6.07) is 6.54. The number of benzene rings is 1. The fourth-order valence-corrected chi connectivity index (χ4v) is 2.61. The summed E-state index contributed by atoms with van der Waals surface area (Å²) in [5.41, 5.74) is 1.06. The highest BCUT2D eigenvalue weighted by atomic mass is 32.1. The average molecular weight is 279 g/mol. The van der Waals surface area contributed by atoms with Crippen LogP contribution in [0.5, 0.6) is 0 Å². The molecule has 0 aliphatic carbocycles. The Bertz CT molecular complexity index is 496. The molecule has 102 valence electrons. The van der Waals surface area contributed by atoms with Gasteiger partial charge in [-0.2, -0.15) is 0 Å². The lowest BCUT2D eigenvalue weighted by Gasteiger charge is -1.98. The maximum absolute atomic E-state index is 12.8. The van der Waals surface area contributed by atoms with Gasteiger partial charge in [0, 0.05) is 19.4 Å². The highest BCUT2D eigenvalue weighted by molar-refractivity contribution is 7.11. The number of nitrogens with one attached hydrogen (secondary N) is 1. The van der Waals surface area contributed by atoms with Crippen LogP contribution in [0.25, 0.3) is 0 Å². The molecule has 0 amide bonds. The molecule has 1 N–H and O–H groups in total. The van der Waals surface area contributed by atoms with Crippen LogP contribution < -0.4 is 5.32 Å². The molecule has 1 aromatic heterocycles. The summed E-state index contributed by atoms with van der Waals surface area (Å²) < 4.78 is 12.8. The van der Waals surface area contributed by atoms with Gasteiger partial charge in [0.05, 0.1) is 0 Å². The van der Waals surface area contributed by atoms with Crippen LogP contribution >= 0.6 is 11.3 Å². The molecule has 3 nitrogen and oxygen atoms in total. The van der Waals surface area contributed by atoms with Crippen molar-refractivity contribution in [3.05, 3.63) is 45.7 Å². The predicted molar refractivity (Wildman–Crippen MR) is 76.0 cm³/mol. The Balaban J connectivity index is 1.85. The Kier molecular flexibility index (Phi) is 5.42. The van der Waals surface area contributed by atoms with E-state index in [1.807, 2.05) is 0 Å². The van der Waals surface area contributed by atoms with Crippen molar-refractivity contribution >= 4 is 11.3 Å². The molecule has 2 aromatic rings. The second kappa shape index (κ2) is 7.31. The van der Waals surface area contributed by atoms with Gasteiger partial charge in [0.1, 0.15) is 15.8 Å². The molecule has 0 aliphatic heterocycles. The molecule has 0 saturated heterocycles. The standard InChI is InChI=1S/C14H18FN3S/c1-2-8-16-9-7-13-17-18-14(19-13)10-11-3-5-12(15)6-4-11/h3-6,16H,2,7-10H2,1H3. The summed E-state index contributed by atoms with van der Waals surface area (Å²) in [7, 11) is 0. The van der Waals surface area contributed by atoms with E-state index in [9.17, 15) is 4.39 Å². The molecule has 2 rings (SSSR count). The van der Waals surface area contributed by atoms with Crippen molar-refractivity contribution in [2.45, 2.75) is 26.2 Å². The first-order chi connectivity index (χ1) is 9.28. The highest BCUT2D eigenvalue weighted by Crippen LogP contribution is 2.15. The van der Waals surface area contributed by atoms with Crippen molar-refractivity contribution in [2.75, 3.05) is 13.1 Å². The molecule has 0 saturated carbocycles. The van der Waals surface area contributed by atoms with E-state index in [0.717, 1.165) is 47.9 Å². The number of halogens is 1. The normalized spacial score (nSPS) is 10.8. The molecular formula is C14H18FN3S. The van der Waals surface area contributed by atoms with Gasteiger partial charge in [-0.25, -0.2) is 4.39 Å². The zero-order valence-electron chi connectivity index (χ0n) is 11.0. The van der Waals surface area contributed by atoms with E-state index in [4.69, 9.17) is 0 Å². The van der Waals surface area contributed by atoms with Crippen LogP contribution in [0, 0.1) is 5.82 Å². The molecule has 19 heavy (non-hydrogen) atoms. The van der Waals surface area contributed by atoms with Gasteiger partial charge >= 0.3 is 0 Å². The van der Waals surface area contributed by atoms with Crippen molar-refractivity contribution in [1.82, 2.24) is 15.5 Å². The number of aromatic nitrogens is 2. The molecule has 0 fully saturated rings. The van der Waals surface area contributed by atoms with Gasteiger partial charge < -0.3 is 5.32 Å². The SMILES string of the molecule is CCCNCCc1nnc(Cc2ccc(F)cc2)s1. The van der Waals surface area contributed by atoms with Crippen LogP contribution in [-0.4, -0.2) is 23.3 Å². The molecule has 0 unspecified atom stereocenters. The zero-order valence-corrected chi connectivity index (χ0v) is 11.8. The Morgan fingerprint density at radius 1 is 1.11 bits per heavy atom. The highest BCUT2D eigenvalue weighted by Gasteiger charge is 2.05. The van der Waals surface area contributed by atoms with Crippen molar-refractivity contribution in [2.24, 2.45) is 0 Å². The first-order valence-corrected chi connectivity index (χ1v) is 7.36. The maximum atomic E-state index is 12.8. The summed E-state index contributed by atoms with van der Waals surface area (Å²) in [4.78, 5) is 0. The fraction of sp³-hybridized carbons (Fsp3) is 0.429. The van der Waals surface area contributed by atoms with Gasteiger partial charge in [0.15, 0.2) is 0 Å². The van der Waals surface area contributed by atoms with E-state index in [1.165, 1.54) is 12.1 Å². The summed E-state index contributed by atoms with van der Waals surface area (Å²) in [5.74, 6) is -0.205. The summed E-state index contributed by atoms with van der Waals surface area (Å²) >= 11 is 1.63. The monoisotopic (exact) mass is 279 g/mol. The van der Waals surface area contributed by atoms with Crippen LogP contribution in [0.3, 0.4) is 0 Å². The Morgan fingerprint density at radius 2 is 1.84 bits per heavy atom. The van der Waals surface area contributed by atoms with Gasteiger partial charge in [-0.3, -0.25) is 0 Å². The van der Waals surface area contributed by atoms with Crippen molar-refractivity contribution in [3.8, 4) is 0 Å². The van der Waals surface area contributed by atoms with Gasteiger partial charge in [0.2, 0.25) is 0 Å². The van der Waals surface area contributed by atoms with Gasteiger partial charge in [-0.15, -0.1) is 21.5 Å². The van der Waals surface area contributed by atoms with E-state index in [2.05, 4.69) is 22.4 Å². The third-order valence-electron chi connectivity index (χ3n) is 2.72. The minimum atomic E-state index is -0.205. The lowest BCUT2D eigenvalue weighted by Crippen LogP contribution is -2.17. The van der Waals surface area contributed by atoms with Crippen LogP contribution in [-0.2, 0) is 12.8 Å². The number of nitrogens with zero attached hydrogens (tertiary/aromatic N) is 2. The number of hydrogen-bond acceptors (Lipinski definition) is 4. The summed E-state index contributed by atoms with van der Waals surface area (Å²) in [6.45, 7) is 4.14. The largest absolute Gasteiger partial charge is 0.316 e. The second-order valence-corrected chi connectivity index (χ2v) is 5.54. The first-order valence-electron chi connectivity index (χ1n) is 6.54. The average Bonchev–Trinajstić information content (AvgIpc) is 2.85. The van der Waals surface area contributed by atoms with Crippen molar-refractivity contribution in [1.29, 1.82) is 0 Å². The van der Waals surface area contributed by atoms with E-state index in [0.29, 0.717) is 0 Å². The quantitative estimate of drug-likeness (QED) is 0.792. The van der Waals surface area contributed by atoms with Gasteiger partial charge in [0.25, 0.3) is 0 Å². The Labute approximate surface area is 116 Å². The molecule has 1 aromatic carbocycles. The van der Waals surface area contributed by atoms with Crippen molar-refractivity contribution < 1.29 is 4.39 Å². The van der Waals surface area contributed by atoms with E-state index in [1.54, 1.807) is 23.5 Å². The molecule has 0 radical (unpaired) electrons. The van der Waals surface area contributed by atoms with Crippen LogP contribution in [0.2, 0.25) is 0 Å². The summed E-state index contributed by atoms with van der Waals surface area (Å²) in [6.07, 6.45) is 2.79. The lowest BCUT2D eigenvalue weighted by molar-refractivity contribution is 0.627. The molecule has 0 bridgehead atoms. The van der Waals surface area contributed by atoms with Crippen LogP contribution in [0.15, 0.2) is 24.3 Å². The fourth-order valence-electron chi connectivity index (χ4n) is 1.73. The molecule has 1 heterocycles. The Morgan fingerprint density at radius 3 is 2.58 bits per heavy atom. The molecule has 0 spiro atoms. The number of rotatable bonds is 7. The summed E-state index contributed by atoms with van der Waals surface area (Å²) in [5, 5.41) is 13.7. The zero-order chi connectivity index (χ0) is 13.5. The topological polar surface area (TPSA) is 37.8 Å². The molecule has 5 heteroatoms. The predicted octanol–water partition coefficient (Wildman–Crippen LogP) is 2.81. The minimum absolute atomic E-state index is 0.205. The van der Waals surface area contributed by atoms with E-state index < -0.39 is 0 Å².